The largest absolute Gasteiger partial charge is 0.349 e. The molecule has 5 nitrogen and oxygen atoms in total. The summed E-state index contributed by atoms with van der Waals surface area (Å²) >= 11 is 4.69. The first kappa shape index (κ1) is 19.9. The van der Waals surface area contributed by atoms with Crippen LogP contribution < -0.4 is 5.32 Å². The number of rotatable bonds is 5. The highest BCUT2D eigenvalue weighted by Gasteiger charge is 2.24. The summed E-state index contributed by atoms with van der Waals surface area (Å²) in [6.45, 7) is 2.14. The van der Waals surface area contributed by atoms with E-state index in [9.17, 15) is 14.9 Å². The van der Waals surface area contributed by atoms with Crippen LogP contribution in [0.5, 0.6) is 0 Å². The Labute approximate surface area is 171 Å². The molecule has 3 rings (SSSR count). The van der Waals surface area contributed by atoms with Gasteiger partial charge in [-0.15, -0.1) is 0 Å². The number of carbonyl (C=O) groups is 1. The quantitative estimate of drug-likeness (QED) is 0.462. The second-order valence-electron chi connectivity index (χ2n) is 6.84. The monoisotopic (exact) mass is 448 g/mol. The minimum Gasteiger partial charge on any atom is -0.349 e. The Morgan fingerprint density at radius 1 is 1.19 bits per heavy atom. The predicted octanol–water partition coefficient (Wildman–Crippen LogP) is 5.82. The first-order chi connectivity index (χ1) is 12.9. The van der Waals surface area contributed by atoms with E-state index in [1.165, 1.54) is 24.2 Å². The van der Waals surface area contributed by atoms with E-state index in [1.807, 2.05) is 24.3 Å². The predicted molar refractivity (Wildman–Crippen MR) is 110 cm³/mol. The van der Waals surface area contributed by atoms with Crippen molar-refractivity contribution in [2.24, 2.45) is 5.92 Å². The molecule has 7 heteroatoms. The van der Waals surface area contributed by atoms with Crippen molar-refractivity contribution >= 4 is 39.3 Å². The van der Waals surface area contributed by atoms with Crippen molar-refractivity contribution in [2.75, 3.05) is 0 Å². The number of amides is 1. The number of benzene rings is 2. The first-order valence-electron chi connectivity index (χ1n) is 8.97. The van der Waals surface area contributed by atoms with Gasteiger partial charge in [0, 0.05) is 27.0 Å². The third-order valence-corrected chi connectivity index (χ3v) is 6.49. The van der Waals surface area contributed by atoms with Gasteiger partial charge in [-0.1, -0.05) is 47.5 Å². The number of hydrogen-bond donors (Lipinski definition) is 1. The second kappa shape index (κ2) is 8.89. The van der Waals surface area contributed by atoms with Crippen LogP contribution in [0.25, 0.3) is 0 Å². The van der Waals surface area contributed by atoms with Crippen LogP contribution in [0.1, 0.15) is 43.0 Å². The number of hydrogen-bond acceptors (Lipinski definition) is 4. The summed E-state index contributed by atoms with van der Waals surface area (Å²) < 4.78 is 0.949. The number of nitrogens with one attached hydrogen (secondary N) is 1. The zero-order valence-electron chi connectivity index (χ0n) is 15.0. The highest BCUT2D eigenvalue weighted by atomic mass is 79.9. The molecule has 142 valence electrons. The zero-order valence-corrected chi connectivity index (χ0v) is 17.4. The fourth-order valence-corrected chi connectivity index (χ4v) is 4.46. The lowest BCUT2D eigenvalue weighted by atomic mass is 9.86. The third kappa shape index (κ3) is 5.11. The van der Waals surface area contributed by atoms with Crippen molar-refractivity contribution < 1.29 is 9.72 Å². The average molecular weight is 449 g/mol. The number of nitrogens with zero attached hydrogens (tertiary/aromatic N) is 1. The lowest BCUT2D eigenvalue weighted by Gasteiger charge is -2.29. The first-order valence-corrected chi connectivity index (χ1v) is 10.6. The van der Waals surface area contributed by atoms with Gasteiger partial charge in [0.15, 0.2) is 0 Å². The van der Waals surface area contributed by atoms with Crippen molar-refractivity contribution in [3.05, 3.63) is 62.6 Å². The van der Waals surface area contributed by atoms with Gasteiger partial charge < -0.3 is 5.32 Å². The highest BCUT2D eigenvalue weighted by molar-refractivity contribution is 9.10. The molecule has 27 heavy (non-hydrogen) atoms. The SMILES string of the molecule is C[C@@H]1CCCC[C@@H]1NC(=O)c1ccc(Sc2ccc(Br)cc2)c([N+](=O)[O-])c1. The van der Waals surface area contributed by atoms with Gasteiger partial charge >= 0.3 is 0 Å². The number of nitro groups is 1. The van der Waals surface area contributed by atoms with E-state index in [0.29, 0.717) is 16.4 Å². The van der Waals surface area contributed by atoms with Gasteiger partial charge in [0.25, 0.3) is 11.6 Å². The molecule has 1 aliphatic carbocycles. The molecule has 2 aromatic carbocycles. The molecule has 1 amide bonds. The molecule has 1 fully saturated rings. The van der Waals surface area contributed by atoms with Crippen LogP contribution in [0.3, 0.4) is 0 Å². The van der Waals surface area contributed by atoms with Gasteiger partial charge in [-0.3, -0.25) is 14.9 Å². The lowest BCUT2D eigenvalue weighted by molar-refractivity contribution is -0.387. The van der Waals surface area contributed by atoms with E-state index in [4.69, 9.17) is 0 Å². The van der Waals surface area contributed by atoms with Crippen molar-refractivity contribution in [1.29, 1.82) is 0 Å². The van der Waals surface area contributed by atoms with E-state index < -0.39 is 4.92 Å². The van der Waals surface area contributed by atoms with Crippen LogP contribution in [0, 0.1) is 16.0 Å². The molecule has 0 aliphatic heterocycles. The summed E-state index contributed by atoms with van der Waals surface area (Å²) in [5, 5.41) is 14.6. The molecule has 1 N–H and O–H groups in total. The molecule has 0 bridgehead atoms. The van der Waals surface area contributed by atoms with E-state index in [0.717, 1.165) is 28.6 Å². The van der Waals surface area contributed by atoms with Crippen LogP contribution in [-0.4, -0.2) is 16.9 Å². The number of carbonyl (C=O) groups excluding carboxylic acids is 1. The molecule has 2 atom stereocenters. The van der Waals surface area contributed by atoms with Crippen molar-refractivity contribution in [3.63, 3.8) is 0 Å². The summed E-state index contributed by atoms with van der Waals surface area (Å²) in [7, 11) is 0. The Morgan fingerprint density at radius 3 is 2.56 bits per heavy atom. The average Bonchev–Trinajstić information content (AvgIpc) is 2.65. The molecule has 0 heterocycles. The maximum Gasteiger partial charge on any atom is 0.284 e. The lowest BCUT2D eigenvalue weighted by Crippen LogP contribution is -2.41. The Hall–Kier alpha value is -1.86. The fourth-order valence-electron chi connectivity index (χ4n) is 3.30. The molecule has 0 spiro atoms. The summed E-state index contributed by atoms with van der Waals surface area (Å²) in [6.07, 6.45) is 4.37. The minimum atomic E-state index is -0.429. The molecule has 1 saturated carbocycles. The van der Waals surface area contributed by atoms with Crippen LogP contribution in [0.15, 0.2) is 56.7 Å². The summed E-state index contributed by atoms with van der Waals surface area (Å²) in [6, 6.07) is 12.4. The van der Waals surface area contributed by atoms with Crippen molar-refractivity contribution in [1.82, 2.24) is 5.32 Å². The molecule has 1 aliphatic rings. The number of halogens is 1. The minimum absolute atomic E-state index is 0.0488. The molecular weight excluding hydrogens is 428 g/mol. The molecule has 2 aromatic rings. The fraction of sp³-hybridized carbons (Fsp3) is 0.350. The van der Waals surface area contributed by atoms with Gasteiger partial charge in [-0.25, -0.2) is 0 Å². The van der Waals surface area contributed by atoms with Gasteiger partial charge in [0.05, 0.1) is 9.82 Å². The third-order valence-electron chi connectivity index (χ3n) is 4.89. The van der Waals surface area contributed by atoms with Crippen LogP contribution >= 0.6 is 27.7 Å². The number of nitro benzene ring substituents is 1. The summed E-state index contributed by atoms with van der Waals surface area (Å²) in [5.41, 5.74) is 0.284. The Bertz CT molecular complexity index is 842. The second-order valence-corrected chi connectivity index (χ2v) is 8.87. The molecule has 0 saturated heterocycles. The molecule has 0 radical (unpaired) electrons. The summed E-state index contributed by atoms with van der Waals surface area (Å²) in [5.74, 6) is 0.196. The van der Waals surface area contributed by atoms with Gasteiger partial charge in [0.2, 0.25) is 0 Å². The van der Waals surface area contributed by atoms with Crippen LogP contribution in [0.4, 0.5) is 5.69 Å². The molecular formula is C20H21BrN2O3S. The maximum absolute atomic E-state index is 12.6. The smallest absolute Gasteiger partial charge is 0.284 e. The zero-order chi connectivity index (χ0) is 19.4. The van der Waals surface area contributed by atoms with E-state index in [1.54, 1.807) is 12.1 Å². The Morgan fingerprint density at radius 2 is 1.89 bits per heavy atom. The van der Waals surface area contributed by atoms with Crippen molar-refractivity contribution in [3.8, 4) is 0 Å². The molecule has 0 unspecified atom stereocenters. The van der Waals surface area contributed by atoms with Gasteiger partial charge in [-0.2, -0.15) is 0 Å². The van der Waals surface area contributed by atoms with E-state index in [-0.39, 0.29) is 17.6 Å². The molecule has 0 aromatic heterocycles. The normalized spacial score (nSPS) is 19.5. The summed E-state index contributed by atoms with van der Waals surface area (Å²) in [4.78, 5) is 25.1. The topological polar surface area (TPSA) is 72.2 Å². The maximum atomic E-state index is 12.6. The Balaban J connectivity index is 1.79. The van der Waals surface area contributed by atoms with Crippen LogP contribution in [-0.2, 0) is 0 Å². The van der Waals surface area contributed by atoms with E-state index in [2.05, 4.69) is 28.2 Å². The van der Waals surface area contributed by atoms with Crippen LogP contribution in [0.2, 0.25) is 0 Å². The van der Waals surface area contributed by atoms with E-state index >= 15 is 0 Å². The standard InChI is InChI=1S/C20H21BrN2O3S/c1-13-4-2-3-5-17(13)22-20(24)14-6-11-19(18(12-14)23(25)26)27-16-9-7-15(21)8-10-16/h6-13,17H,2-5H2,1H3,(H,22,24)/t13-,17+/m1/s1. The van der Waals surface area contributed by atoms with Gasteiger partial charge in [-0.05, 0) is 55.2 Å². The Kier molecular flexibility index (Phi) is 6.55. The van der Waals surface area contributed by atoms with Gasteiger partial charge in [0.1, 0.15) is 0 Å². The highest BCUT2D eigenvalue weighted by Crippen LogP contribution is 2.36. The van der Waals surface area contributed by atoms with Crippen molar-refractivity contribution in [2.45, 2.75) is 48.4 Å².